The third-order valence-corrected chi connectivity index (χ3v) is 3.10. The van der Waals surface area contributed by atoms with Crippen LogP contribution in [0.1, 0.15) is 31.9 Å². The van der Waals surface area contributed by atoms with Crippen molar-refractivity contribution in [3.63, 3.8) is 0 Å². The second-order valence-corrected chi connectivity index (χ2v) is 5.78. The van der Waals surface area contributed by atoms with Crippen molar-refractivity contribution in [1.82, 2.24) is 0 Å². The quantitative estimate of drug-likeness (QED) is 0.800. The number of rotatable bonds is 1. The molecule has 1 aromatic rings. The fourth-order valence-corrected chi connectivity index (χ4v) is 1.88. The smallest absolute Gasteiger partial charge is 0.137 e. The predicted molar refractivity (Wildman–Crippen MR) is 73.7 cm³/mol. The molecule has 0 unspecified atom stereocenters. The van der Waals surface area contributed by atoms with Crippen molar-refractivity contribution in [2.45, 2.75) is 26.2 Å². The van der Waals surface area contributed by atoms with E-state index in [1.165, 1.54) is 6.08 Å². The summed E-state index contributed by atoms with van der Waals surface area (Å²) < 4.78 is 0.552. The molecule has 0 heterocycles. The van der Waals surface area contributed by atoms with Gasteiger partial charge in [0.2, 0.25) is 0 Å². The molecule has 0 amide bonds. The van der Waals surface area contributed by atoms with Crippen LogP contribution in [0.2, 0.25) is 0 Å². The van der Waals surface area contributed by atoms with Crippen molar-refractivity contribution < 1.29 is 5.11 Å². The van der Waals surface area contributed by atoms with E-state index in [0.29, 0.717) is 10.0 Å². The SMILES string of the molecule is CC(C)(C)c1cc(Br)c(O)c(C=C(C#N)C#N)c1. The van der Waals surface area contributed by atoms with Crippen LogP contribution in [0.5, 0.6) is 5.75 Å². The molecule has 3 nitrogen and oxygen atoms in total. The number of nitrogens with zero attached hydrogens (tertiary/aromatic N) is 2. The zero-order valence-electron chi connectivity index (χ0n) is 10.5. The molecule has 0 saturated heterocycles. The Balaban J connectivity index is 3.47. The molecule has 0 fully saturated rings. The topological polar surface area (TPSA) is 67.8 Å². The number of nitriles is 2. The van der Waals surface area contributed by atoms with E-state index in [0.717, 1.165) is 5.56 Å². The highest BCUT2D eigenvalue weighted by Gasteiger charge is 2.17. The number of benzene rings is 1. The van der Waals surface area contributed by atoms with Crippen LogP contribution in [0.3, 0.4) is 0 Å². The van der Waals surface area contributed by atoms with Crippen molar-refractivity contribution in [3.05, 3.63) is 33.3 Å². The maximum atomic E-state index is 9.92. The average Bonchev–Trinajstić information content (AvgIpc) is 2.29. The van der Waals surface area contributed by atoms with E-state index in [9.17, 15) is 5.11 Å². The molecule has 18 heavy (non-hydrogen) atoms. The third-order valence-electron chi connectivity index (χ3n) is 2.50. The van der Waals surface area contributed by atoms with E-state index in [4.69, 9.17) is 10.5 Å². The first kappa shape index (κ1) is 14.3. The van der Waals surface area contributed by atoms with Gasteiger partial charge in [0.05, 0.1) is 4.47 Å². The van der Waals surface area contributed by atoms with Gasteiger partial charge < -0.3 is 5.11 Å². The average molecular weight is 305 g/mol. The molecule has 92 valence electrons. The van der Waals surface area contributed by atoms with Crippen molar-refractivity contribution in [2.75, 3.05) is 0 Å². The highest BCUT2D eigenvalue weighted by molar-refractivity contribution is 9.10. The van der Waals surface area contributed by atoms with Crippen LogP contribution in [0, 0.1) is 22.7 Å². The van der Waals surface area contributed by atoms with Crippen LogP contribution in [0.15, 0.2) is 22.2 Å². The maximum Gasteiger partial charge on any atom is 0.137 e. The van der Waals surface area contributed by atoms with Gasteiger partial charge >= 0.3 is 0 Å². The van der Waals surface area contributed by atoms with Crippen molar-refractivity contribution in [1.29, 1.82) is 10.5 Å². The van der Waals surface area contributed by atoms with Gasteiger partial charge in [0.1, 0.15) is 23.5 Å². The maximum absolute atomic E-state index is 9.92. The van der Waals surface area contributed by atoms with E-state index >= 15 is 0 Å². The Kier molecular flexibility index (Phi) is 4.16. The Morgan fingerprint density at radius 3 is 2.28 bits per heavy atom. The molecular weight excluding hydrogens is 292 g/mol. The monoisotopic (exact) mass is 304 g/mol. The molecule has 1 aromatic carbocycles. The van der Waals surface area contributed by atoms with Gasteiger partial charge in [0.25, 0.3) is 0 Å². The Hall–Kier alpha value is -1.78. The van der Waals surface area contributed by atoms with Crippen LogP contribution >= 0.6 is 15.9 Å². The molecule has 0 aromatic heterocycles. The van der Waals surface area contributed by atoms with Gasteiger partial charge in [-0.3, -0.25) is 0 Å². The molecule has 4 heteroatoms. The first-order valence-electron chi connectivity index (χ1n) is 5.34. The zero-order valence-corrected chi connectivity index (χ0v) is 12.0. The van der Waals surface area contributed by atoms with Crippen LogP contribution in [-0.4, -0.2) is 5.11 Å². The summed E-state index contributed by atoms with van der Waals surface area (Å²) in [6.45, 7) is 6.15. The first-order valence-corrected chi connectivity index (χ1v) is 6.13. The lowest BCUT2D eigenvalue weighted by atomic mass is 9.86. The zero-order chi connectivity index (χ0) is 13.9. The van der Waals surface area contributed by atoms with Crippen LogP contribution in [0.25, 0.3) is 6.08 Å². The number of phenols is 1. The number of halogens is 1. The minimum atomic E-state index is -0.0851. The molecule has 0 radical (unpaired) electrons. The lowest BCUT2D eigenvalue weighted by molar-refractivity contribution is 0.469. The van der Waals surface area contributed by atoms with Gasteiger partial charge in [-0.15, -0.1) is 0 Å². The summed E-state index contributed by atoms with van der Waals surface area (Å²) in [6, 6.07) is 7.18. The molecular formula is C14H13BrN2O. The molecule has 1 rings (SSSR count). The molecule has 0 saturated carbocycles. The summed E-state index contributed by atoms with van der Waals surface area (Å²) in [5.41, 5.74) is 1.35. The number of allylic oxidation sites excluding steroid dienone is 1. The lowest BCUT2D eigenvalue weighted by Crippen LogP contribution is -2.11. The normalized spacial score (nSPS) is 10.3. The van der Waals surface area contributed by atoms with Crippen LogP contribution in [-0.2, 0) is 5.41 Å². The third kappa shape index (κ3) is 3.12. The minimum absolute atomic E-state index is 0.0333. The summed E-state index contributed by atoms with van der Waals surface area (Å²) in [7, 11) is 0. The molecule has 0 aliphatic rings. The van der Waals surface area contributed by atoms with E-state index in [-0.39, 0.29) is 16.7 Å². The van der Waals surface area contributed by atoms with Gasteiger partial charge in [0.15, 0.2) is 0 Å². The highest BCUT2D eigenvalue weighted by Crippen LogP contribution is 2.35. The molecule has 0 atom stereocenters. The second-order valence-electron chi connectivity index (χ2n) is 4.93. The van der Waals surface area contributed by atoms with Gasteiger partial charge in [-0.05, 0) is 45.1 Å². The number of phenolic OH excluding ortho intramolecular Hbond substituents is 1. The molecule has 0 spiro atoms. The number of aromatic hydroxyl groups is 1. The standard InChI is InChI=1S/C14H13BrN2O/c1-14(2,3)11-5-10(4-9(7-16)8-17)13(18)12(15)6-11/h4-6,18H,1-3H3. The Morgan fingerprint density at radius 1 is 1.28 bits per heavy atom. The van der Waals surface area contributed by atoms with Crippen molar-refractivity contribution in [3.8, 4) is 17.9 Å². The van der Waals surface area contributed by atoms with Crippen molar-refractivity contribution in [2.24, 2.45) is 0 Å². The van der Waals surface area contributed by atoms with Crippen LogP contribution < -0.4 is 0 Å². The highest BCUT2D eigenvalue weighted by atomic mass is 79.9. The van der Waals surface area contributed by atoms with E-state index in [2.05, 4.69) is 36.7 Å². The second kappa shape index (κ2) is 5.25. The molecule has 0 aliphatic carbocycles. The molecule has 0 aliphatic heterocycles. The lowest BCUT2D eigenvalue weighted by Gasteiger charge is -2.20. The Morgan fingerprint density at radius 2 is 1.83 bits per heavy atom. The van der Waals surface area contributed by atoms with Gasteiger partial charge in [-0.1, -0.05) is 20.8 Å². The van der Waals surface area contributed by atoms with Gasteiger partial charge in [-0.2, -0.15) is 10.5 Å². The van der Waals surface area contributed by atoms with Crippen molar-refractivity contribution >= 4 is 22.0 Å². The van der Waals surface area contributed by atoms with E-state index in [1.54, 1.807) is 18.2 Å². The number of hydrogen-bond donors (Lipinski definition) is 1. The predicted octanol–water partition coefficient (Wildman–Crippen LogP) is 3.88. The van der Waals surface area contributed by atoms with E-state index in [1.807, 2.05) is 6.07 Å². The number of hydrogen-bond acceptors (Lipinski definition) is 3. The fourth-order valence-electron chi connectivity index (χ4n) is 1.41. The Labute approximate surface area is 115 Å². The van der Waals surface area contributed by atoms with Crippen LogP contribution in [0.4, 0.5) is 0 Å². The Bertz CT molecular complexity index is 568. The summed E-state index contributed by atoms with van der Waals surface area (Å²) in [5, 5.41) is 27.4. The molecule has 0 bridgehead atoms. The summed E-state index contributed by atoms with van der Waals surface area (Å²) in [6.07, 6.45) is 1.38. The van der Waals surface area contributed by atoms with Gasteiger partial charge in [-0.25, -0.2) is 0 Å². The largest absolute Gasteiger partial charge is 0.506 e. The molecule has 1 N–H and O–H groups in total. The minimum Gasteiger partial charge on any atom is -0.506 e. The first-order chi connectivity index (χ1) is 8.29. The summed E-state index contributed by atoms with van der Waals surface area (Å²) in [5.74, 6) is 0.0333. The summed E-state index contributed by atoms with van der Waals surface area (Å²) >= 11 is 3.28. The van der Waals surface area contributed by atoms with Gasteiger partial charge in [0, 0.05) is 5.56 Å². The van der Waals surface area contributed by atoms with E-state index < -0.39 is 0 Å². The fraction of sp³-hybridized carbons (Fsp3) is 0.286. The summed E-state index contributed by atoms with van der Waals surface area (Å²) in [4.78, 5) is 0.